The molecule has 0 saturated heterocycles. The van der Waals surface area contributed by atoms with Gasteiger partial charge in [0.15, 0.2) is 0 Å². The normalized spacial score (nSPS) is 11.1. The lowest BCUT2D eigenvalue weighted by molar-refractivity contribution is -0.113. The van der Waals surface area contributed by atoms with Gasteiger partial charge in [0.05, 0.1) is 11.3 Å². The molecule has 3 rings (SSSR count). The number of aryl methyl sites for hydroxylation is 1. The number of hydrogen-bond donors (Lipinski definition) is 3. The number of aromatic amines is 1. The molecule has 0 saturated carbocycles. The molecule has 1 amide bonds. The number of amides is 1. The van der Waals surface area contributed by atoms with Gasteiger partial charge in [-0.1, -0.05) is 44.5 Å². The summed E-state index contributed by atoms with van der Waals surface area (Å²) in [5.74, 6) is -0.552. The third kappa shape index (κ3) is 7.71. The van der Waals surface area contributed by atoms with Crippen LogP contribution < -0.4 is 10.6 Å². The number of aromatic nitrogens is 3. The van der Waals surface area contributed by atoms with Gasteiger partial charge in [-0.15, -0.1) is 0 Å². The highest BCUT2D eigenvalue weighted by molar-refractivity contribution is 6.30. The van der Waals surface area contributed by atoms with Crippen LogP contribution in [-0.4, -0.2) is 34.2 Å². The van der Waals surface area contributed by atoms with Crippen LogP contribution in [0.3, 0.4) is 0 Å². The van der Waals surface area contributed by atoms with Crippen molar-refractivity contribution in [2.75, 3.05) is 12.4 Å². The molecule has 0 unspecified atom stereocenters. The number of imidazole rings is 1. The van der Waals surface area contributed by atoms with Crippen LogP contribution in [-0.2, 0) is 11.3 Å². The molecule has 10 heteroatoms. The Morgan fingerprint density at radius 2 is 1.85 bits per heavy atom. The van der Waals surface area contributed by atoms with Crippen molar-refractivity contribution in [3.05, 3.63) is 64.1 Å². The lowest BCUT2D eigenvalue weighted by atomic mass is 10.0. The van der Waals surface area contributed by atoms with Gasteiger partial charge in [-0.3, -0.25) is 15.1 Å². The van der Waals surface area contributed by atoms with Crippen LogP contribution in [0.1, 0.15) is 54.5 Å². The van der Waals surface area contributed by atoms with Crippen molar-refractivity contribution in [1.82, 2.24) is 20.3 Å². The molecule has 0 fully saturated rings. The maximum absolute atomic E-state index is 13.3. The van der Waals surface area contributed by atoms with E-state index in [-0.39, 0.29) is 16.9 Å². The number of nitrogens with zero attached hydrogens (tertiary/aromatic N) is 2. The largest absolute Gasteiger partial charge is 0.328 e. The third-order valence-corrected chi connectivity index (χ3v) is 4.65. The first-order valence-electron chi connectivity index (χ1n) is 10.5. The smallest absolute Gasteiger partial charge is 0.281 e. The van der Waals surface area contributed by atoms with Gasteiger partial charge in [0.1, 0.15) is 12.0 Å². The summed E-state index contributed by atoms with van der Waals surface area (Å²) in [6.07, 6.45) is -0.607. The van der Waals surface area contributed by atoms with Gasteiger partial charge in [0, 0.05) is 34.4 Å². The maximum Gasteiger partial charge on any atom is 0.281 e. The van der Waals surface area contributed by atoms with E-state index in [4.69, 9.17) is 11.6 Å². The first-order chi connectivity index (χ1) is 15.9. The number of hydrogen-bond acceptors (Lipinski definition) is 5. The summed E-state index contributed by atoms with van der Waals surface area (Å²) in [5, 5.41) is 6.03. The molecule has 0 aliphatic rings. The summed E-state index contributed by atoms with van der Waals surface area (Å²) < 4.78 is 26.5. The van der Waals surface area contributed by atoms with Gasteiger partial charge >= 0.3 is 0 Å². The molecule has 2 heterocycles. The van der Waals surface area contributed by atoms with E-state index in [1.54, 1.807) is 38.2 Å². The van der Waals surface area contributed by atoms with E-state index in [0.717, 1.165) is 11.8 Å². The van der Waals surface area contributed by atoms with Crippen LogP contribution in [0.5, 0.6) is 0 Å². The topological polar surface area (TPSA) is 99.8 Å². The second-order valence-electron chi connectivity index (χ2n) is 8.61. The van der Waals surface area contributed by atoms with Crippen molar-refractivity contribution in [3.8, 4) is 11.3 Å². The number of halogens is 3. The highest BCUT2D eigenvalue weighted by Gasteiger charge is 2.22. The summed E-state index contributed by atoms with van der Waals surface area (Å²) in [4.78, 5) is 33.5. The Kier molecular flexibility index (Phi) is 9.40. The molecule has 0 bridgehead atoms. The van der Waals surface area contributed by atoms with Crippen molar-refractivity contribution in [2.24, 2.45) is 5.41 Å². The average Bonchev–Trinajstić information content (AvgIpc) is 3.14. The third-order valence-electron chi connectivity index (χ3n) is 4.40. The summed E-state index contributed by atoms with van der Waals surface area (Å²) in [6.45, 7) is 7.82. The summed E-state index contributed by atoms with van der Waals surface area (Å²) >= 11 is 5.90. The van der Waals surface area contributed by atoms with E-state index in [1.165, 1.54) is 12.3 Å². The van der Waals surface area contributed by atoms with Crippen molar-refractivity contribution in [2.45, 2.75) is 40.7 Å². The van der Waals surface area contributed by atoms with Crippen molar-refractivity contribution >= 4 is 29.7 Å². The summed E-state index contributed by atoms with van der Waals surface area (Å²) in [6, 6.07) is 8.47. The van der Waals surface area contributed by atoms with Gasteiger partial charge in [-0.2, -0.15) is 0 Å². The number of rotatable bonds is 6. The standard InChI is InChI=1S/C19H18ClF2N5O.C5H10O/c1-10-15(12-3-5-13(20)6-4-12)26-19(25-10)27-18(28)14-7-11(8-23-2)9-24-16(14)17(21)22;1-5(2,3)4-6/h3-7,9,17,23H,8H2,1-2H3,(H2,25,26,27,28);4H,1-3H3. The Hall–Kier alpha value is -3.17. The van der Waals surface area contributed by atoms with Crippen molar-refractivity contribution in [1.29, 1.82) is 0 Å². The minimum atomic E-state index is -2.87. The van der Waals surface area contributed by atoms with E-state index in [1.807, 2.05) is 20.8 Å². The second kappa shape index (κ2) is 11.8. The molecule has 182 valence electrons. The first-order valence-corrected chi connectivity index (χ1v) is 10.8. The van der Waals surface area contributed by atoms with E-state index in [9.17, 15) is 18.4 Å². The molecule has 7 nitrogen and oxygen atoms in total. The Morgan fingerprint density at radius 1 is 1.24 bits per heavy atom. The highest BCUT2D eigenvalue weighted by Crippen LogP contribution is 2.26. The van der Waals surface area contributed by atoms with Crippen LogP contribution >= 0.6 is 11.6 Å². The zero-order chi connectivity index (χ0) is 25.5. The van der Waals surface area contributed by atoms with Crippen LogP contribution in [0.4, 0.5) is 14.7 Å². The van der Waals surface area contributed by atoms with Crippen LogP contribution in [0.25, 0.3) is 11.3 Å². The minimum Gasteiger partial charge on any atom is -0.328 e. The van der Waals surface area contributed by atoms with Crippen LogP contribution in [0.15, 0.2) is 36.5 Å². The van der Waals surface area contributed by atoms with Crippen molar-refractivity contribution < 1.29 is 18.4 Å². The number of H-pyrrole nitrogens is 1. The number of nitrogens with one attached hydrogen (secondary N) is 3. The quantitative estimate of drug-likeness (QED) is 0.391. The Labute approximate surface area is 202 Å². The lowest BCUT2D eigenvalue weighted by Gasteiger charge is -2.10. The average molecular weight is 492 g/mol. The monoisotopic (exact) mass is 491 g/mol. The van der Waals surface area contributed by atoms with E-state index in [0.29, 0.717) is 28.5 Å². The van der Waals surface area contributed by atoms with Gasteiger partial charge in [0.25, 0.3) is 12.3 Å². The Morgan fingerprint density at radius 3 is 2.38 bits per heavy atom. The predicted octanol–water partition coefficient (Wildman–Crippen LogP) is 5.57. The van der Waals surface area contributed by atoms with Gasteiger partial charge < -0.3 is 15.1 Å². The van der Waals surface area contributed by atoms with E-state index < -0.39 is 18.0 Å². The fourth-order valence-electron chi connectivity index (χ4n) is 2.76. The number of carbonyl (C=O) groups excluding carboxylic acids is 2. The molecule has 3 N–H and O–H groups in total. The maximum atomic E-state index is 13.3. The molecule has 34 heavy (non-hydrogen) atoms. The second-order valence-corrected chi connectivity index (χ2v) is 9.05. The molecule has 2 aromatic heterocycles. The van der Waals surface area contributed by atoms with Gasteiger partial charge in [-0.05, 0) is 37.7 Å². The molecular formula is C24H28ClF2N5O2. The SMILES string of the molecule is CC(C)(C)C=O.CNCc1cnc(C(F)F)c(C(=O)Nc2nc(-c3ccc(Cl)cc3)c(C)[nH]2)c1. The fourth-order valence-corrected chi connectivity index (χ4v) is 2.88. The number of alkyl halides is 2. The minimum absolute atomic E-state index is 0.139. The zero-order valence-corrected chi connectivity index (χ0v) is 20.4. The molecule has 0 aliphatic carbocycles. The summed E-state index contributed by atoms with van der Waals surface area (Å²) in [5.41, 5.74) is 1.87. The van der Waals surface area contributed by atoms with Gasteiger partial charge in [-0.25, -0.2) is 13.8 Å². The van der Waals surface area contributed by atoms with Crippen molar-refractivity contribution in [3.63, 3.8) is 0 Å². The molecule has 0 spiro atoms. The first kappa shape index (κ1) is 27.1. The molecule has 0 aliphatic heterocycles. The number of aldehydes is 1. The molecule has 1 aromatic carbocycles. The Balaban J connectivity index is 0.000000604. The number of carbonyl (C=O) groups is 2. The highest BCUT2D eigenvalue weighted by atomic mass is 35.5. The number of anilines is 1. The Bertz CT molecular complexity index is 1130. The molecule has 0 atom stereocenters. The predicted molar refractivity (Wildman–Crippen MR) is 129 cm³/mol. The van der Waals surface area contributed by atoms with Crippen LogP contribution in [0, 0.1) is 12.3 Å². The fraction of sp³-hybridized carbons (Fsp3) is 0.333. The number of benzene rings is 1. The molecular weight excluding hydrogens is 464 g/mol. The number of pyridine rings is 1. The van der Waals surface area contributed by atoms with Crippen LogP contribution in [0.2, 0.25) is 5.02 Å². The molecule has 3 aromatic rings. The lowest BCUT2D eigenvalue weighted by Crippen LogP contribution is -2.18. The molecule has 0 radical (unpaired) electrons. The summed E-state index contributed by atoms with van der Waals surface area (Å²) in [7, 11) is 1.71. The van der Waals surface area contributed by atoms with E-state index >= 15 is 0 Å². The van der Waals surface area contributed by atoms with Gasteiger partial charge in [0.2, 0.25) is 5.95 Å². The zero-order valence-electron chi connectivity index (χ0n) is 19.7. The van der Waals surface area contributed by atoms with E-state index in [2.05, 4.69) is 25.6 Å².